The highest BCUT2D eigenvalue weighted by Gasteiger charge is 2.20. The van der Waals surface area contributed by atoms with Crippen LogP contribution in [0, 0.1) is 0 Å². The molecule has 2 aromatic heterocycles. The molecule has 1 N–H and O–H groups in total. The molecule has 0 radical (unpaired) electrons. The van der Waals surface area contributed by atoms with Gasteiger partial charge in [0, 0.05) is 19.4 Å². The van der Waals surface area contributed by atoms with Crippen molar-refractivity contribution in [2.75, 3.05) is 6.54 Å². The first kappa shape index (κ1) is 13.5. The van der Waals surface area contributed by atoms with Crippen molar-refractivity contribution in [3.05, 3.63) is 60.4 Å². The molecule has 3 rings (SSSR count). The van der Waals surface area contributed by atoms with E-state index in [0.717, 1.165) is 23.8 Å². The molecule has 3 aromatic rings. The third-order valence-corrected chi connectivity index (χ3v) is 3.32. The van der Waals surface area contributed by atoms with Gasteiger partial charge in [-0.15, -0.1) is 0 Å². The van der Waals surface area contributed by atoms with Crippen molar-refractivity contribution in [2.45, 2.75) is 13.0 Å². The molecule has 1 unspecified atom stereocenters. The normalized spacial score (nSPS) is 12.5. The standard InChI is InChI=1S/C15H18N6/c1-3-16-14(15-17-9-10-20(15)2)13-11-18-21(19-13)12-7-5-4-6-8-12/h4-11,14,16H,3H2,1-2H3. The summed E-state index contributed by atoms with van der Waals surface area (Å²) in [4.78, 5) is 6.06. The molecule has 6 heteroatoms. The number of hydrogen-bond donors (Lipinski definition) is 1. The van der Waals surface area contributed by atoms with Gasteiger partial charge < -0.3 is 9.88 Å². The molecule has 0 amide bonds. The molecule has 0 spiro atoms. The lowest BCUT2D eigenvalue weighted by Gasteiger charge is -2.14. The Labute approximate surface area is 123 Å². The molecule has 6 nitrogen and oxygen atoms in total. The van der Waals surface area contributed by atoms with Gasteiger partial charge in [0.25, 0.3) is 0 Å². The Balaban J connectivity index is 1.95. The van der Waals surface area contributed by atoms with Gasteiger partial charge in [0.15, 0.2) is 0 Å². The van der Waals surface area contributed by atoms with E-state index in [9.17, 15) is 0 Å². The highest BCUT2D eigenvalue weighted by Crippen LogP contribution is 2.18. The second-order valence-electron chi connectivity index (χ2n) is 4.78. The van der Waals surface area contributed by atoms with Gasteiger partial charge in [0.05, 0.1) is 11.9 Å². The zero-order valence-corrected chi connectivity index (χ0v) is 12.1. The van der Waals surface area contributed by atoms with Crippen LogP contribution in [0.25, 0.3) is 5.69 Å². The highest BCUT2D eigenvalue weighted by molar-refractivity contribution is 5.29. The van der Waals surface area contributed by atoms with Crippen LogP contribution >= 0.6 is 0 Å². The number of aryl methyl sites for hydroxylation is 1. The number of nitrogens with one attached hydrogen (secondary N) is 1. The van der Waals surface area contributed by atoms with Gasteiger partial charge in [-0.1, -0.05) is 25.1 Å². The average Bonchev–Trinajstić information content (AvgIpc) is 3.15. The Bertz CT molecular complexity index is 700. The average molecular weight is 282 g/mol. The van der Waals surface area contributed by atoms with Crippen LogP contribution in [0.3, 0.4) is 0 Å². The Morgan fingerprint density at radius 1 is 1.24 bits per heavy atom. The van der Waals surface area contributed by atoms with Crippen LogP contribution in [0.4, 0.5) is 0 Å². The maximum atomic E-state index is 4.59. The van der Waals surface area contributed by atoms with Crippen LogP contribution in [-0.4, -0.2) is 31.1 Å². The lowest BCUT2D eigenvalue weighted by Crippen LogP contribution is -2.25. The van der Waals surface area contributed by atoms with Crippen molar-refractivity contribution in [1.82, 2.24) is 29.9 Å². The van der Waals surface area contributed by atoms with Gasteiger partial charge in [-0.05, 0) is 18.7 Å². The molecule has 1 atom stereocenters. The molecule has 0 aliphatic heterocycles. The summed E-state index contributed by atoms with van der Waals surface area (Å²) in [5.41, 5.74) is 1.80. The lowest BCUT2D eigenvalue weighted by molar-refractivity contribution is 0.558. The molecule has 1 aromatic carbocycles. The van der Waals surface area contributed by atoms with Gasteiger partial charge in [-0.3, -0.25) is 0 Å². The van der Waals surface area contributed by atoms with Crippen LogP contribution in [0.15, 0.2) is 48.9 Å². The fourth-order valence-electron chi connectivity index (χ4n) is 2.28. The monoisotopic (exact) mass is 282 g/mol. The van der Waals surface area contributed by atoms with Crippen LogP contribution < -0.4 is 5.32 Å². The van der Waals surface area contributed by atoms with Crippen molar-refractivity contribution in [3.8, 4) is 5.69 Å². The summed E-state index contributed by atoms with van der Waals surface area (Å²) in [6.07, 6.45) is 5.51. The molecule has 0 fully saturated rings. The number of aromatic nitrogens is 5. The highest BCUT2D eigenvalue weighted by atomic mass is 15.5. The van der Waals surface area contributed by atoms with E-state index in [-0.39, 0.29) is 6.04 Å². The van der Waals surface area contributed by atoms with Crippen LogP contribution in [0.2, 0.25) is 0 Å². The number of imidazole rings is 1. The summed E-state index contributed by atoms with van der Waals surface area (Å²) >= 11 is 0. The fourth-order valence-corrected chi connectivity index (χ4v) is 2.28. The van der Waals surface area contributed by atoms with Crippen LogP contribution in [0.1, 0.15) is 24.5 Å². The van der Waals surface area contributed by atoms with E-state index in [0.29, 0.717) is 0 Å². The van der Waals surface area contributed by atoms with E-state index in [2.05, 4.69) is 27.4 Å². The van der Waals surface area contributed by atoms with Gasteiger partial charge in [0.2, 0.25) is 0 Å². The van der Waals surface area contributed by atoms with Gasteiger partial charge in [0.1, 0.15) is 17.6 Å². The van der Waals surface area contributed by atoms with E-state index < -0.39 is 0 Å². The Morgan fingerprint density at radius 3 is 2.71 bits per heavy atom. The maximum Gasteiger partial charge on any atom is 0.131 e. The lowest BCUT2D eigenvalue weighted by atomic mass is 10.2. The minimum Gasteiger partial charge on any atom is -0.336 e. The summed E-state index contributed by atoms with van der Waals surface area (Å²) in [5, 5.41) is 12.4. The number of benzene rings is 1. The third-order valence-electron chi connectivity index (χ3n) is 3.32. The molecule has 0 aliphatic carbocycles. The topological polar surface area (TPSA) is 60.6 Å². The van der Waals surface area contributed by atoms with E-state index in [1.54, 1.807) is 17.2 Å². The van der Waals surface area contributed by atoms with E-state index in [1.165, 1.54) is 0 Å². The van der Waals surface area contributed by atoms with Crippen molar-refractivity contribution in [1.29, 1.82) is 0 Å². The quantitative estimate of drug-likeness (QED) is 0.774. The number of nitrogens with zero attached hydrogens (tertiary/aromatic N) is 5. The summed E-state index contributed by atoms with van der Waals surface area (Å²) in [7, 11) is 1.98. The minimum atomic E-state index is -0.0625. The Morgan fingerprint density at radius 2 is 2.05 bits per heavy atom. The first-order valence-corrected chi connectivity index (χ1v) is 6.98. The second kappa shape index (κ2) is 5.88. The first-order valence-electron chi connectivity index (χ1n) is 6.98. The SMILES string of the molecule is CCNC(c1cnn(-c2ccccc2)n1)c1nccn1C. The van der Waals surface area contributed by atoms with E-state index in [4.69, 9.17) is 0 Å². The van der Waals surface area contributed by atoms with E-state index >= 15 is 0 Å². The van der Waals surface area contributed by atoms with Crippen molar-refractivity contribution in [2.24, 2.45) is 7.05 Å². The third kappa shape index (κ3) is 2.71. The number of rotatable bonds is 5. The molecule has 0 bridgehead atoms. The predicted octanol–water partition coefficient (Wildman–Crippen LogP) is 1.70. The summed E-state index contributed by atoms with van der Waals surface area (Å²) in [5.74, 6) is 0.928. The first-order chi connectivity index (χ1) is 10.3. The van der Waals surface area contributed by atoms with Crippen LogP contribution in [0.5, 0.6) is 0 Å². The zero-order chi connectivity index (χ0) is 14.7. The molecule has 0 saturated heterocycles. The Kier molecular flexibility index (Phi) is 3.79. The molecular weight excluding hydrogens is 264 g/mol. The predicted molar refractivity (Wildman–Crippen MR) is 80.1 cm³/mol. The molecule has 21 heavy (non-hydrogen) atoms. The largest absolute Gasteiger partial charge is 0.336 e. The summed E-state index contributed by atoms with van der Waals surface area (Å²) < 4.78 is 1.99. The second-order valence-corrected chi connectivity index (χ2v) is 4.78. The van der Waals surface area contributed by atoms with Crippen molar-refractivity contribution >= 4 is 0 Å². The molecule has 108 valence electrons. The number of para-hydroxylation sites is 1. The summed E-state index contributed by atoms with van der Waals surface area (Å²) in [6.45, 7) is 2.90. The van der Waals surface area contributed by atoms with Crippen molar-refractivity contribution in [3.63, 3.8) is 0 Å². The summed E-state index contributed by atoms with van der Waals surface area (Å²) in [6, 6.07) is 9.81. The molecule has 2 heterocycles. The van der Waals surface area contributed by atoms with Crippen molar-refractivity contribution < 1.29 is 0 Å². The minimum absolute atomic E-state index is 0.0625. The maximum absolute atomic E-state index is 4.59. The van der Waals surface area contributed by atoms with Gasteiger partial charge >= 0.3 is 0 Å². The molecule has 0 aliphatic rings. The molecule has 0 saturated carbocycles. The van der Waals surface area contributed by atoms with Crippen LogP contribution in [-0.2, 0) is 7.05 Å². The smallest absolute Gasteiger partial charge is 0.131 e. The van der Waals surface area contributed by atoms with E-state index in [1.807, 2.05) is 48.1 Å². The zero-order valence-electron chi connectivity index (χ0n) is 12.1. The Hall–Kier alpha value is -2.47. The van der Waals surface area contributed by atoms with Gasteiger partial charge in [-0.25, -0.2) is 4.98 Å². The molecular formula is C15H18N6. The van der Waals surface area contributed by atoms with Gasteiger partial charge in [-0.2, -0.15) is 15.0 Å². The number of hydrogen-bond acceptors (Lipinski definition) is 4. The fraction of sp³-hybridized carbons (Fsp3) is 0.267.